The summed E-state index contributed by atoms with van der Waals surface area (Å²) in [5, 5.41) is 2.89. The molecule has 1 aromatic carbocycles. The maximum atomic E-state index is 12.7. The first-order chi connectivity index (χ1) is 8.65. The van der Waals surface area contributed by atoms with E-state index in [0.29, 0.717) is 18.3 Å². The van der Waals surface area contributed by atoms with Crippen molar-refractivity contribution in [3.05, 3.63) is 35.6 Å². The van der Waals surface area contributed by atoms with Gasteiger partial charge in [-0.05, 0) is 30.0 Å². The van der Waals surface area contributed by atoms with Crippen LogP contribution in [0, 0.1) is 11.7 Å². The molecule has 0 aromatic heterocycles. The average molecular weight is 272 g/mol. The first kappa shape index (κ1) is 15.0. The second-order valence-corrected chi connectivity index (χ2v) is 4.74. The molecule has 1 amide bonds. The Kier molecular flexibility index (Phi) is 6.73. The Hall–Kier alpha value is -1.09. The maximum Gasteiger partial charge on any atom is 0.224 e. The van der Waals surface area contributed by atoms with Crippen molar-refractivity contribution >= 4 is 17.5 Å². The van der Waals surface area contributed by atoms with Crippen molar-refractivity contribution < 1.29 is 9.18 Å². The van der Waals surface area contributed by atoms with Gasteiger partial charge in [0.25, 0.3) is 0 Å². The summed E-state index contributed by atoms with van der Waals surface area (Å²) in [4.78, 5) is 11.7. The third kappa shape index (κ3) is 5.50. The van der Waals surface area contributed by atoms with Crippen LogP contribution in [0.5, 0.6) is 0 Å². The molecule has 100 valence electrons. The molecule has 0 saturated heterocycles. The van der Waals surface area contributed by atoms with Crippen LogP contribution in [0.4, 0.5) is 4.39 Å². The quantitative estimate of drug-likeness (QED) is 0.759. The molecule has 4 heteroatoms. The molecule has 0 heterocycles. The molecule has 1 aromatic rings. The Balaban J connectivity index is 2.35. The summed E-state index contributed by atoms with van der Waals surface area (Å²) >= 11 is 5.69. The molecule has 18 heavy (non-hydrogen) atoms. The van der Waals surface area contributed by atoms with Crippen LogP contribution in [0.2, 0.25) is 0 Å². The van der Waals surface area contributed by atoms with E-state index in [2.05, 4.69) is 12.2 Å². The predicted molar refractivity (Wildman–Crippen MR) is 72.2 cm³/mol. The van der Waals surface area contributed by atoms with Gasteiger partial charge in [0, 0.05) is 12.4 Å². The third-order valence-electron chi connectivity index (χ3n) is 2.96. The number of alkyl halides is 1. The van der Waals surface area contributed by atoms with Crippen molar-refractivity contribution in [3.8, 4) is 0 Å². The summed E-state index contributed by atoms with van der Waals surface area (Å²) in [6.45, 7) is 2.74. The Labute approximate surface area is 113 Å². The average Bonchev–Trinajstić information content (AvgIpc) is 2.37. The molecule has 0 radical (unpaired) electrons. The fraction of sp³-hybridized carbons (Fsp3) is 0.500. The molecule has 1 unspecified atom stereocenters. The maximum absolute atomic E-state index is 12.7. The lowest BCUT2D eigenvalue weighted by Gasteiger charge is -2.14. The van der Waals surface area contributed by atoms with Gasteiger partial charge < -0.3 is 5.32 Å². The van der Waals surface area contributed by atoms with Crippen LogP contribution in [0.25, 0.3) is 0 Å². The SMILES string of the molecule is CCC(CCCl)CNC(=O)Cc1ccc(F)cc1. The van der Waals surface area contributed by atoms with Crippen LogP contribution in [-0.4, -0.2) is 18.3 Å². The molecule has 0 aliphatic rings. The first-order valence-electron chi connectivity index (χ1n) is 6.22. The number of benzene rings is 1. The lowest BCUT2D eigenvalue weighted by molar-refractivity contribution is -0.120. The summed E-state index contributed by atoms with van der Waals surface area (Å²) < 4.78 is 12.7. The Morgan fingerprint density at radius 3 is 2.61 bits per heavy atom. The minimum Gasteiger partial charge on any atom is -0.356 e. The normalized spacial score (nSPS) is 12.2. The van der Waals surface area contributed by atoms with Crippen molar-refractivity contribution in [2.24, 2.45) is 5.92 Å². The Morgan fingerprint density at radius 1 is 1.39 bits per heavy atom. The molecule has 1 N–H and O–H groups in total. The summed E-state index contributed by atoms with van der Waals surface area (Å²) in [7, 11) is 0. The van der Waals surface area contributed by atoms with Gasteiger partial charge in [0.15, 0.2) is 0 Å². The molecule has 0 spiro atoms. The van der Waals surface area contributed by atoms with Gasteiger partial charge in [-0.2, -0.15) is 0 Å². The smallest absolute Gasteiger partial charge is 0.224 e. The number of hydrogen-bond donors (Lipinski definition) is 1. The van der Waals surface area contributed by atoms with E-state index in [9.17, 15) is 9.18 Å². The molecular formula is C14H19ClFNO. The van der Waals surface area contributed by atoms with Gasteiger partial charge in [0.05, 0.1) is 6.42 Å². The molecule has 2 nitrogen and oxygen atoms in total. The molecule has 0 saturated carbocycles. The number of halogens is 2. The van der Waals surface area contributed by atoms with Gasteiger partial charge in [-0.25, -0.2) is 4.39 Å². The summed E-state index contributed by atoms with van der Waals surface area (Å²) in [5.74, 6) is 0.730. The third-order valence-corrected chi connectivity index (χ3v) is 3.18. The largest absolute Gasteiger partial charge is 0.356 e. The molecule has 1 rings (SSSR count). The highest BCUT2D eigenvalue weighted by molar-refractivity contribution is 6.17. The van der Waals surface area contributed by atoms with Gasteiger partial charge in [0.2, 0.25) is 5.91 Å². The number of carbonyl (C=O) groups is 1. The van der Waals surface area contributed by atoms with E-state index in [4.69, 9.17) is 11.6 Å². The second kappa shape index (κ2) is 8.09. The van der Waals surface area contributed by atoms with Gasteiger partial charge in [-0.1, -0.05) is 25.5 Å². The number of carbonyl (C=O) groups excluding carboxylic acids is 1. The van der Waals surface area contributed by atoms with Crippen molar-refractivity contribution in [1.82, 2.24) is 5.32 Å². The van der Waals surface area contributed by atoms with E-state index >= 15 is 0 Å². The minimum absolute atomic E-state index is 0.0327. The van der Waals surface area contributed by atoms with E-state index in [-0.39, 0.29) is 18.1 Å². The standard InChI is InChI=1S/C14H19ClFNO/c1-2-11(7-8-15)10-17-14(18)9-12-3-5-13(16)6-4-12/h3-6,11H,2,7-10H2,1H3,(H,17,18). The van der Waals surface area contributed by atoms with Crippen molar-refractivity contribution in [3.63, 3.8) is 0 Å². The van der Waals surface area contributed by atoms with Gasteiger partial charge in [-0.3, -0.25) is 4.79 Å². The van der Waals surface area contributed by atoms with Crippen LogP contribution in [0.3, 0.4) is 0 Å². The first-order valence-corrected chi connectivity index (χ1v) is 6.76. The zero-order valence-electron chi connectivity index (χ0n) is 10.6. The summed E-state index contributed by atoms with van der Waals surface area (Å²) in [5.41, 5.74) is 0.819. The van der Waals surface area contributed by atoms with Gasteiger partial charge >= 0.3 is 0 Å². The number of nitrogens with one attached hydrogen (secondary N) is 1. The van der Waals surface area contributed by atoms with E-state index in [1.54, 1.807) is 12.1 Å². The topological polar surface area (TPSA) is 29.1 Å². The number of hydrogen-bond acceptors (Lipinski definition) is 1. The molecule has 0 bridgehead atoms. The highest BCUT2D eigenvalue weighted by Crippen LogP contribution is 2.08. The lowest BCUT2D eigenvalue weighted by Crippen LogP contribution is -2.30. The molecule has 0 fully saturated rings. The lowest BCUT2D eigenvalue weighted by atomic mass is 10.0. The van der Waals surface area contributed by atoms with Gasteiger partial charge in [-0.15, -0.1) is 11.6 Å². The van der Waals surface area contributed by atoms with Crippen molar-refractivity contribution in [2.75, 3.05) is 12.4 Å². The monoisotopic (exact) mass is 271 g/mol. The Bertz CT molecular complexity index is 367. The molecular weight excluding hydrogens is 253 g/mol. The van der Waals surface area contributed by atoms with Crippen LogP contribution >= 0.6 is 11.6 Å². The van der Waals surface area contributed by atoms with Crippen LogP contribution in [-0.2, 0) is 11.2 Å². The van der Waals surface area contributed by atoms with Crippen molar-refractivity contribution in [1.29, 1.82) is 0 Å². The molecule has 1 atom stereocenters. The van der Waals surface area contributed by atoms with E-state index in [0.717, 1.165) is 18.4 Å². The van der Waals surface area contributed by atoms with E-state index in [1.807, 2.05) is 0 Å². The number of amides is 1. The van der Waals surface area contributed by atoms with Crippen LogP contribution in [0.15, 0.2) is 24.3 Å². The minimum atomic E-state index is -0.285. The zero-order chi connectivity index (χ0) is 13.4. The predicted octanol–water partition coefficient (Wildman–Crippen LogP) is 3.14. The van der Waals surface area contributed by atoms with E-state index < -0.39 is 0 Å². The molecule has 0 aliphatic heterocycles. The number of rotatable bonds is 7. The van der Waals surface area contributed by atoms with Crippen LogP contribution < -0.4 is 5.32 Å². The summed E-state index contributed by atoms with van der Waals surface area (Å²) in [6, 6.07) is 5.99. The molecule has 0 aliphatic carbocycles. The summed E-state index contributed by atoms with van der Waals surface area (Å²) in [6.07, 6.45) is 2.20. The highest BCUT2D eigenvalue weighted by Gasteiger charge is 2.08. The van der Waals surface area contributed by atoms with Crippen molar-refractivity contribution in [2.45, 2.75) is 26.2 Å². The second-order valence-electron chi connectivity index (χ2n) is 4.36. The zero-order valence-corrected chi connectivity index (χ0v) is 11.3. The fourth-order valence-electron chi connectivity index (χ4n) is 1.71. The van der Waals surface area contributed by atoms with E-state index in [1.165, 1.54) is 12.1 Å². The van der Waals surface area contributed by atoms with Crippen LogP contribution in [0.1, 0.15) is 25.3 Å². The van der Waals surface area contributed by atoms with Gasteiger partial charge in [0.1, 0.15) is 5.82 Å². The Morgan fingerprint density at radius 2 is 2.06 bits per heavy atom. The fourth-order valence-corrected chi connectivity index (χ4v) is 2.02. The highest BCUT2D eigenvalue weighted by atomic mass is 35.5.